The van der Waals surface area contributed by atoms with E-state index in [4.69, 9.17) is 16.3 Å². The van der Waals surface area contributed by atoms with Crippen LogP contribution in [0.4, 0.5) is 0 Å². The van der Waals surface area contributed by atoms with Crippen molar-refractivity contribution in [1.82, 2.24) is 10.2 Å². The summed E-state index contributed by atoms with van der Waals surface area (Å²) in [5.74, 6) is 1.17. The Balaban J connectivity index is 1.60. The summed E-state index contributed by atoms with van der Waals surface area (Å²) >= 11 is 7.20. The topological polar surface area (TPSA) is 52.1 Å². The van der Waals surface area contributed by atoms with E-state index in [2.05, 4.69) is 10.2 Å². The summed E-state index contributed by atoms with van der Waals surface area (Å²) in [4.78, 5) is 12.2. The lowest BCUT2D eigenvalue weighted by Gasteiger charge is -2.05. The highest BCUT2D eigenvalue weighted by molar-refractivity contribution is 7.99. The highest BCUT2D eigenvalue weighted by atomic mass is 35.5. The fourth-order valence-electron chi connectivity index (χ4n) is 2.30. The molecule has 2 aromatic carbocycles. The van der Waals surface area contributed by atoms with E-state index in [0.29, 0.717) is 28.0 Å². The first-order valence-electron chi connectivity index (χ1n) is 8.14. The second-order valence-corrected chi connectivity index (χ2v) is 6.87. The molecular formula is C20H17ClN2O2S. The third kappa shape index (κ3) is 4.84. The van der Waals surface area contributed by atoms with Gasteiger partial charge in [-0.1, -0.05) is 23.4 Å². The Morgan fingerprint density at radius 3 is 2.35 bits per heavy atom. The van der Waals surface area contributed by atoms with Crippen LogP contribution in [0.5, 0.6) is 5.75 Å². The van der Waals surface area contributed by atoms with Gasteiger partial charge in [0.05, 0.1) is 18.1 Å². The van der Waals surface area contributed by atoms with Gasteiger partial charge in [0.15, 0.2) is 5.78 Å². The zero-order chi connectivity index (χ0) is 18.4. The van der Waals surface area contributed by atoms with Crippen molar-refractivity contribution in [2.75, 3.05) is 12.4 Å². The normalized spacial score (nSPS) is 10.5. The number of carbonyl (C=O) groups excluding carboxylic acids is 1. The lowest BCUT2D eigenvalue weighted by Crippen LogP contribution is -2.02. The van der Waals surface area contributed by atoms with Gasteiger partial charge < -0.3 is 4.74 Å². The Labute approximate surface area is 161 Å². The summed E-state index contributed by atoms with van der Waals surface area (Å²) in [5, 5.41) is 9.77. The minimum Gasteiger partial charge on any atom is -0.494 e. The Morgan fingerprint density at radius 2 is 1.73 bits per heavy atom. The average Bonchev–Trinajstić information content (AvgIpc) is 2.68. The van der Waals surface area contributed by atoms with E-state index in [1.165, 1.54) is 11.8 Å². The highest BCUT2D eigenvalue weighted by Crippen LogP contribution is 2.23. The number of rotatable bonds is 7. The number of nitrogens with zero attached hydrogens (tertiary/aromatic N) is 2. The SMILES string of the molecule is CCOc1ccc(-c2ccc(SCC(=O)c3ccc(Cl)cc3)nn2)cc1. The van der Waals surface area contributed by atoms with Crippen LogP contribution in [-0.2, 0) is 0 Å². The highest BCUT2D eigenvalue weighted by Gasteiger charge is 2.08. The molecule has 0 fully saturated rings. The first-order chi connectivity index (χ1) is 12.7. The molecule has 1 heterocycles. The number of aromatic nitrogens is 2. The van der Waals surface area contributed by atoms with Gasteiger partial charge in [-0.25, -0.2) is 0 Å². The molecule has 0 atom stereocenters. The first kappa shape index (κ1) is 18.4. The zero-order valence-electron chi connectivity index (χ0n) is 14.2. The summed E-state index contributed by atoms with van der Waals surface area (Å²) in [6, 6.07) is 18.4. The minimum atomic E-state index is 0.0315. The van der Waals surface area contributed by atoms with Crippen molar-refractivity contribution in [2.24, 2.45) is 0 Å². The predicted molar refractivity (Wildman–Crippen MR) is 105 cm³/mol. The van der Waals surface area contributed by atoms with Crippen LogP contribution in [0.1, 0.15) is 17.3 Å². The number of Topliss-reactive ketones (excluding diaryl/α,β-unsaturated/α-hetero) is 1. The van der Waals surface area contributed by atoms with E-state index < -0.39 is 0 Å². The molecule has 132 valence electrons. The maximum atomic E-state index is 12.2. The number of ether oxygens (including phenoxy) is 1. The first-order valence-corrected chi connectivity index (χ1v) is 9.50. The van der Waals surface area contributed by atoms with Crippen molar-refractivity contribution < 1.29 is 9.53 Å². The lowest BCUT2D eigenvalue weighted by atomic mass is 10.1. The van der Waals surface area contributed by atoms with Crippen molar-refractivity contribution in [1.29, 1.82) is 0 Å². The Hall–Kier alpha value is -2.37. The fraction of sp³-hybridized carbons (Fsp3) is 0.150. The van der Waals surface area contributed by atoms with Crippen LogP contribution < -0.4 is 4.74 Å². The number of halogens is 1. The van der Waals surface area contributed by atoms with Crippen molar-refractivity contribution in [3.63, 3.8) is 0 Å². The van der Waals surface area contributed by atoms with E-state index in [1.807, 2.05) is 43.3 Å². The molecule has 26 heavy (non-hydrogen) atoms. The summed E-state index contributed by atoms with van der Waals surface area (Å²) in [6.07, 6.45) is 0. The van der Waals surface area contributed by atoms with E-state index in [9.17, 15) is 4.79 Å². The smallest absolute Gasteiger partial charge is 0.173 e. The maximum Gasteiger partial charge on any atom is 0.173 e. The van der Waals surface area contributed by atoms with Crippen LogP contribution in [0, 0.1) is 0 Å². The molecule has 0 spiro atoms. The molecule has 0 bridgehead atoms. The molecule has 6 heteroatoms. The summed E-state index contributed by atoms with van der Waals surface area (Å²) in [7, 11) is 0. The number of thioether (sulfide) groups is 1. The van der Waals surface area contributed by atoms with Crippen molar-refractivity contribution in [2.45, 2.75) is 11.9 Å². The van der Waals surface area contributed by atoms with Gasteiger partial charge in [0.2, 0.25) is 0 Å². The Bertz CT molecular complexity index is 866. The predicted octanol–water partition coefficient (Wildman–Crippen LogP) is 5.17. The van der Waals surface area contributed by atoms with Gasteiger partial charge in [0.25, 0.3) is 0 Å². The van der Waals surface area contributed by atoms with Crippen LogP contribution in [0.3, 0.4) is 0 Å². The number of hydrogen-bond acceptors (Lipinski definition) is 5. The Morgan fingerprint density at radius 1 is 1.00 bits per heavy atom. The molecule has 0 radical (unpaired) electrons. The number of benzene rings is 2. The molecule has 0 unspecified atom stereocenters. The zero-order valence-corrected chi connectivity index (χ0v) is 15.8. The molecule has 0 aliphatic rings. The van der Waals surface area contributed by atoms with Gasteiger partial charge in [-0.2, -0.15) is 0 Å². The van der Waals surface area contributed by atoms with Crippen molar-refractivity contribution in [3.05, 3.63) is 71.2 Å². The van der Waals surface area contributed by atoms with Crippen molar-refractivity contribution >= 4 is 29.1 Å². The quantitative estimate of drug-likeness (QED) is 0.415. The molecular weight excluding hydrogens is 368 g/mol. The van der Waals surface area contributed by atoms with E-state index in [-0.39, 0.29) is 5.78 Å². The van der Waals surface area contributed by atoms with Crippen LogP contribution in [0.15, 0.2) is 65.7 Å². The molecule has 0 aliphatic heterocycles. The second kappa shape index (κ2) is 8.83. The third-order valence-corrected chi connectivity index (χ3v) is 4.79. The van der Waals surface area contributed by atoms with Gasteiger partial charge in [0, 0.05) is 16.1 Å². The molecule has 3 rings (SSSR count). The number of hydrogen-bond donors (Lipinski definition) is 0. The van der Waals surface area contributed by atoms with Gasteiger partial charge in [-0.3, -0.25) is 4.79 Å². The van der Waals surface area contributed by atoms with E-state index >= 15 is 0 Å². The Kier molecular flexibility index (Phi) is 6.26. The van der Waals surface area contributed by atoms with Gasteiger partial charge in [-0.15, -0.1) is 10.2 Å². The fourth-order valence-corrected chi connectivity index (χ4v) is 3.13. The maximum absolute atomic E-state index is 12.2. The standard InChI is InChI=1S/C20H17ClN2O2S/c1-2-25-17-9-5-14(6-10-17)18-11-12-20(23-22-18)26-13-19(24)15-3-7-16(21)8-4-15/h3-12H,2,13H2,1H3. The van der Waals surface area contributed by atoms with Gasteiger partial charge in [0.1, 0.15) is 10.8 Å². The lowest BCUT2D eigenvalue weighted by molar-refractivity contribution is 0.102. The summed E-state index contributed by atoms with van der Waals surface area (Å²) in [5.41, 5.74) is 2.39. The molecule has 0 aliphatic carbocycles. The van der Waals surface area contributed by atoms with E-state index in [0.717, 1.165) is 17.0 Å². The van der Waals surface area contributed by atoms with E-state index in [1.54, 1.807) is 24.3 Å². The van der Waals surface area contributed by atoms with Crippen LogP contribution in [0.25, 0.3) is 11.3 Å². The van der Waals surface area contributed by atoms with Crippen molar-refractivity contribution in [3.8, 4) is 17.0 Å². The van der Waals surface area contributed by atoms with Crippen LogP contribution >= 0.6 is 23.4 Å². The molecule has 0 saturated carbocycles. The molecule has 0 saturated heterocycles. The largest absolute Gasteiger partial charge is 0.494 e. The van der Waals surface area contributed by atoms with Crippen LogP contribution in [0.2, 0.25) is 5.02 Å². The van der Waals surface area contributed by atoms with Gasteiger partial charge >= 0.3 is 0 Å². The average molecular weight is 385 g/mol. The number of ketones is 1. The molecule has 0 amide bonds. The third-order valence-electron chi connectivity index (χ3n) is 3.62. The van der Waals surface area contributed by atoms with Crippen LogP contribution in [-0.4, -0.2) is 28.3 Å². The molecule has 3 aromatic rings. The minimum absolute atomic E-state index is 0.0315. The summed E-state index contributed by atoms with van der Waals surface area (Å²) in [6.45, 7) is 2.59. The molecule has 0 N–H and O–H groups in total. The number of carbonyl (C=O) groups is 1. The molecule has 1 aromatic heterocycles. The monoisotopic (exact) mass is 384 g/mol. The summed E-state index contributed by atoms with van der Waals surface area (Å²) < 4.78 is 5.43. The van der Waals surface area contributed by atoms with Gasteiger partial charge in [-0.05, 0) is 67.6 Å². The molecule has 4 nitrogen and oxygen atoms in total. The second-order valence-electron chi connectivity index (χ2n) is 5.43.